The van der Waals surface area contributed by atoms with Gasteiger partial charge in [-0.2, -0.15) is 0 Å². The van der Waals surface area contributed by atoms with E-state index in [0.29, 0.717) is 0 Å². The van der Waals surface area contributed by atoms with Gasteiger partial charge in [-0.1, -0.05) is 0 Å². The molecule has 0 aromatic carbocycles. The first-order chi connectivity index (χ1) is 3.71. The summed E-state index contributed by atoms with van der Waals surface area (Å²) in [6.07, 6.45) is -3.34. The summed E-state index contributed by atoms with van der Waals surface area (Å²) >= 11 is 10.2. The third kappa shape index (κ3) is 8.77. The lowest BCUT2D eigenvalue weighted by Gasteiger charge is -2.18. The predicted molar refractivity (Wildman–Crippen MR) is 40.2 cm³/mol. The average Bonchev–Trinajstić information content (AvgIpc) is 1.14. The zero-order valence-electron chi connectivity index (χ0n) is 5.52. The highest BCUT2D eigenvalue weighted by atomic mass is 35.9. The second kappa shape index (κ2) is 2.79. The first kappa shape index (κ1) is 9.77. The first-order valence-corrected chi connectivity index (χ1v) is 5.84. The highest BCUT2D eigenvalue weighted by molar-refractivity contribution is 8.05. The van der Waals surface area contributed by atoms with Crippen LogP contribution in [0.1, 0.15) is 20.8 Å². The SMILES string of the molecule is CC(C)(C)OP(=O)(Cl)Cl. The van der Waals surface area contributed by atoms with Crippen molar-refractivity contribution in [1.82, 2.24) is 0 Å². The molecule has 0 aliphatic heterocycles. The van der Waals surface area contributed by atoms with Gasteiger partial charge in [0.15, 0.2) is 0 Å². The maximum Gasteiger partial charge on any atom is 0.380 e. The average molecular weight is 191 g/mol. The highest BCUT2D eigenvalue weighted by Gasteiger charge is 2.23. The topological polar surface area (TPSA) is 26.3 Å². The van der Waals surface area contributed by atoms with Gasteiger partial charge in [0.1, 0.15) is 0 Å². The van der Waals surface area contributed by atoms with Crippen LogP contribution in [-0.4, -0.2) is 5.60 Å². The van der Waals surface area contributed by atoms with Crippen molar-refractivity contribution in [2.24, 2.45) is 0 Å². The Bertz CT molecular complexity index is 134. The maximum absolute atomic E-state index is 10.5. The molecule has 0 amide bonds. The molecule has 0 aliphatic rings. The second-order valence-electron chi connectivity index (χ2n) is 2.62. The van der Waals surface area contributed by atoms with Gasteiger partial charge in [0.2, 0.25) is 0 Å². The molecule has 0 radical (unpaired) electrons. The minimum absolute atomic E-state index is 0.543. The molecule has 0 spiro atoms. The Hall–Kier alpha value is 0.770. The fourth-order valence-corrected chi connectivity index (χ4v) is 2.20. The van der Waals surface area contributed by atoms with Crippen molar-refractivity contribution in [2.75, 3.05) is 0 Å². The van der Waals surface area contributed by atoms with Crippen LogP contribution in [0.3, 0.4) is 0 Å². The smallest absolute Gasteiger partial charge is 0.300 e. The molecule has 0 fully saturated rings. The first-order valence-electron chi connectivity index (χ1n) is 2.41. The molecule has 2 nitrogen and oxygen atoms in total. The third-order valence-electron chi connectivity index (χ3n) is 0.380. The van der Waals surface area contributed by atoms with E-state index in [1.54, 1.807) is 20.8 Å². The van der Waals surface area contributed by atoms with E-state index in [1.165, 1.54) is 0 Å². The lowest BCUT2D eigenvalue weighted by molar-refractivity contribution is 0.145. The molecular weight excluding hydrogens is 182 g/mol. The Labute approximate surface area is 64.5 Å². The van der Waals surface area contributed by atoms with Crippen molar-refractivity contribution in [1.29, 1.82) is 0 Å². The molecule has 0 atom stereocenters. The molecule has 0 saturated carbocycles. The Kier molecular flexibility index (Phi) is 3.03. The Morgan fingerprint density at radius 1 is 1.33 bits per heavy atom. The molecule has 0 heterocycles. The number of halogens is 2. The van der Waals surface area contributed by atoms with Crippen molar-refractivity contribution in [2.45, 2.75) is 26.4 Å². The van der Waals surface area contributed by atoms with Crippen LogP contribution in [0.2, 0.25) is 0 Å². The molecule has 5 heteroatoms. The fourth-order valence-electron chi connectivity index (χ4n) is 0.319. The molecule has 0 saturated heterocycles. The van der Waals surface area contributed by atoms with Gasteiger partial charge in [0, 0.05) is 0 Å². The molecular formula is C4H9Cl2O2P. The quantitative estimate of drug-likeness (QED) is 0.593. The van der Waals surface area contributed by atoms with E-state index in [1.807, 2.05) is 0 Å². The van der Waals surface area contributed by atoms with Crippen molar-refractivity contribution < 1.29 is 9.09 Å². The number of hydrogen-bond donors (Lipinski definition) is 0. The van der Waals surface area contributed by atoms with Crippen molar-refractivity contribution in [3.05, 3.63) is 0 Å². The van der Waals surface area contributed by atoms with Crippen LogP contribution in [0.15, 0.2) is 0 Å². The summed E-state index contributed by atoms with van der Waals surface area (Å²) < 4.78 is 15.3. The predicted octanol–water partition coefficient (Wildman–Crippen LogP) is 3.39. The fraction of sp³-hybridized carbons (Fsp3) is 1.00. The molecule has 0 N–H and O–H groups in total. The molecule has 0 bridgehead atoms. The monoisotopic (exact) mass is 190 g/mol. The Morgan fingerprint density at radius 3 is 1.67 bits per heavy atom. The molecule has 0 aliphatic carbocycles. The minimum atomic E-state index is -3.34. The second-order valence-corrected chi connectivity index (χ2v) is 6.82. The van der Waals surface area contributed by atoms with Crippen LogP contribution >= 0.6 is 28.6 Å². The van der Waals surface area contributed by atoms with Crippen molar-refractivity contribution >= 4 is 28.6 Å². The lowest BCUT2D eigenvalue weighted by atomic mass is 10.2. The van der Waals surface area contributed by atoms with E-state index in [4.69, 9.17) is 27.0 Å². The van der Waals surface area contributed by atoms with E-state index in [-0.39, 0.29) is 0 Å². The maximum atomic E-state index is 10.5. The Balaban J connectivity index is 3.90. The van der Waals surface area contributed by atoms with Gasteiger partial charge in [-0.05, 0) is 43.3 Å². The summed E-state index contributed by atoms with van der Waals surface area (Å²) in [4.78, 5) is 0. The van der Waals surface area contributed by atoms with Gasteiger partial charge >= 0.3 is 6.07 Å². The van der Waals surface area contributed by atoms with E-state index >= 15 is 0 Å². The standard InChI is InChI=1S/C4H9Cl2O2P/c1-4(2,3)8-9(5,6)7/h1-3H3. The third-order valence-corrected chi connectivity index (χ3v) is 1.55. The van der Waals surface area contributed by atoms with E-state index in [2.05, 4.69) is 0 Å². The number of hydrogen-bond acceptors (Lipinski definition) is 2. The van der Waals surface area contributed by atoms with Gasteiger partial charge in [-0.15, -0.1) is 0 Å². The summed E-state index contributed by atoms with van der Waals surface area (Å²) in [6, 6.07) is 0. The molecule has 56 valence electrons. The van der Waals surface area contributed by atoms with Crippen LogP contribution < -0.4 is 0 Å². The van der Waals surface area contributed by atoms with Gasteiger partial charge in [0.05, 0.1) is 5.60 Å². The van der Waals surface area contributed by atoms with Crippen molar-refractivity contribution in [3.63, 3.8) is 0 Å². The zero-order chi connectivity index (χ0) is 7.71. The zero-order valence-corrected chi connectivity index (χ0v) is 7.93. The summed E-state index contributed by atoms with van der Waals surface area (Å²) in [5.74, 6) is 0. The molecule has 0 rings (SSSR count). The van der Waals surface area contributed by atoms with E-state index in [0.717, 1.165) is 0 Å². The van der Waals surface area contributed by atoms with Crippen molar-refractivity contribution in [3.8, 4) is 0 Å². The van der Waals surface area contributed by atoms with E-state index in [9.17, 15) is 4.57 Å². The molecule has 0 unspecified atom stereocenters. The number of rotatable bonds is 1. The lowest BCUT2D eigenvalue weighted by Crippen LogP contribution is -2.14. The van der Waals surface area contributed by atoms with Gasteiger partial charge in [0.25, 0.3) is 0 Å². The summed E-state index contributed by atoms with van der Waals surface area (Å²) in [7, 11) is 0. The molecule has 0 aromatic heterocycles. The highest BCUT2D eigenvalue weighted by Crippen LogP contribution is 2.59. The van der Waals surface area contributed by atoms with Gasteiger partial charge < -0.3 is 4.52 Å². The van der Waals surface area contributed by atoms with Crippen LogP contribution in [0.25, 0.3) is 0 Å². The van der Waals surface area contributed by atoms with Crippen LogP contribution in [-0.2, 0) is 9.09 Å². The largest absolute Gasteiger partial charge is 0.380 e. The normalized spacial score (nSPS) is 13.9. The van der Waals surface area contributed by atoms with Gasteiger partial charge in [-0.25, -0.2) is 0 Å². The summed E-state index contributed by atoms with van der Waals surface area (Å²) in [5, 5.41) is 0. The summed E-state index contributed by atoms with van der Waals surface area (Å²) in [6.45, 7) is 5.18. The Morgan fingerprint density at radius 2 is 1.67 bits per heavy atom. The van der Waals surface area contributed by atoms with Crippen LogP contribution in [0.5, 0.6) is 0 Å². The minimum Gasteiger partial charge on any atom is -0.300 e. The summed E-state index contributed by atoms with van der Waals surface area (Å²) in [5.41, 5.74) is -0.543. The van der Waals surface area contributed by atoms with E-state index < -0.39 is 11.7 Å². The van der Waals surface area contributed by atoms with Crippen LogP contribution in [0, 0.1) is 0 Å². The molecule has 9 heavy (non-hydrogen) atoms. The van der Waals surface area contributed by atoms with Gasteiger partial charge in [-0.3, -0.25) is 4.57 Å². The van der Waals surface area contributed by atoms with Crippen LogP contribution in [0.4, 0.5) is 0 Å². The molecule has 0 aromatic rings.